The standard InChI is InChI=1S/C22H37N/c1-2-3-4-5-6-7-8-9-10-11-15-20-23-21-16-19-22-17-13-12-14-18-22/h12-14,16-19,23H,2-11,15,20-21H2,1H3/b19-16+. The minimum absolute atomic E-state index is 0.979. The summed E-state index contributed by atoms with van der Waals surface area (Å²) in [5.41, 5.74) is 1.28. The van der Waals surface area contributed by atoms with Crippen molar-refractivity contribution in [2.45, 2.75) is 77.6 Å². The minimum Gasteiger partial charge on any atom is -0.313 e. The lowest BCUT2D eigenvalue weighted by atomic mass is 10.1. The summed E-state index contributed by atoms with van der Waals surface area (Å²) < 4.78 is 0. The Hall–Kier alpha value is -1.08. The molecule has 0 amide bonds. The Morgan fingerprint density at radius 1 is 0.739 bits per heavy atom. The second-order valence-corrected chi connectivity index (χ2v) is 6.55. The predicted molar refractivity (Wildman–Crippen MR) is 105 cm³/mol. The molecule has 23 heavy (non-hydrogen) atoms. The summed E-state index contributed by atoms with van der Waals surface area (Å²) >= 11 is 0. The van der Waals surface area contributed by atoms with E-state index < -0.39 is 0 Å². The fourth-order valence-corrected chi connectivity index (χ4v) is 2.86. The maximum absolute atomic E-state index is 3.50. The molecule has 0 aliphatic carbocycles. The van der Waals surface area contributed by atoms with Crippen molar-refractivity contribution < 1.29 is 0 Å². The molecule has 0 aliphatic heterocycles. The van der Waals surface area contributed by atoms with E-state index >= 15 is 0 Å². The van der Waals surface area contributed by atoms with Crippen LogP contribution in [0.25, 0.3) is 6.08 Å². The van der Waals surface area contributed by atoms with Gasteiger partial charge in [-0.2, -0.15) is 0 Å². The van der Waals surface area contributed by atoms with Crippen molar-refractivity contribution in [2.75, 3.05) is 13.1 Å². The lowest BCUT2D eigenvalue weighted by Gasteiger charge is -2.03. The first kappa shape index (κ1) is 20.0. The van der Waals surface area contributed by atoms with Crippen LogP contribution in [0.2, 0.25) is 0 Å². The van der Waals surface area contributed by atoms with Crippen molar-refractivity contribution in [3.05, 3.63) is 42.0 Å². The zero-order valence-corrected chi connectivity index (χ0v) is 15.2. The lowest BCUT2D eigenvalue weighted by Crippen LogP contribution is -2.14. The molecule has 0 unspecified atom stereocenters. The molecule has 0 fully saturated rings. The molecule has 0 saturated heterocycles. The van der Waals surface area contributed by atoms with Crippen LogP contribution in [0.4, 0.5) is 0 Å². The fraction of sp³-hybridized carbons (Fsp3) is 0.636. The smallest absolute Gasteiger partial charge is 0.0138 e. The van der Waals surface area contributed by atoms with Gasteiger partial charge in [0, 0.05) is 6.54 Å². The van der Waals surface area contributed by atoms with Gasteiger partial charge in [-0.1, -0.05) is 114 Å². The van der Waals surface area contributed by atoms with Crippen molar-refractivity contribution in [1.29, 1.82) is 0 Å². The second-order valence-electron chi connectivity index (χ2n) is 6.55. The van der Waals surface area contributed by atoms with E-state index in [4.69, 9.17) is 0 Å². The molecule has 0 heterocycles. The van der Waals surface area contributed by atoms with Gasteiger partial charge in [0.2, 0.25) is 0 Å². The van der Waals surface area contributed by atoms with Crippen LogP contribution in [0.15, 0.2) is 36.4 Å². The fourth-order valence-electron chi connectivity index (χ4n) is 2.86. The summed E-state index contributed by atoms with van der Waals surface area (Å²) in [4.78, 5) is 0. The van der Waals surface area contributed by atoms with Gasteiger partial charge in [0.15, 0.2) is 0 Å². The molecular formula is C22H37N. The quantitative estimate of drug-likeness (QED) is 0.359. The van der Waals surface area contributed by atoms with Crippen LogP contribution in [-0.4, -0.2) is 13.1 Å². The molecule has 0 spiro atoms. The van der Waals surface area contributed by atoms with E-state index in [2.05, 4.69) is 54.7 Å². The maximum atomic E-state index is 3.50. The molecule has 1 nitrogen and oxygen atoms in total. The topological polar surface area (TPSA) is 12.0 Å². The molecule has 0 radical (unpaired) electrons. The highest BCUT2D eigenvalue weighted by Crippen LogP contribution is 2.11. The highest BCUT2D eigenvalue weighted by Gasteiger charge is 1.93. The van der Waals surface area contributed by atoms with Gasteiger partial charge in [-0.25, -0.2) is 0 Å². The highest BCUT2D eigenvalue weighted by molar-refractivity contribution is 5.48. The molecule has 130 valence electrons. The first-order chi connectivity index (χ1) is 11.4. The van der Waals surface area contributed by atoms with E-state index in [-0.39, 0.29) is 0 Å². The number of hydrogen-bond acceptors (Lipinski definition) is 1. The molecule has 1 rings (SSSR count). The van der Waals surface area contributed by atoms with E-state index in [0.29, 0.717) is 0 Å². The number of rotatable bonds is 15. The maximum Gasteiger partial charge on any atom is 0.0138 e. The number of nitrogens with one attached hydrogen (secondary N) is 1. The van der Waals surface area contributed by atoms with Gasteiger partial charge in [-0.05, 0) is 18.5 Å². The molecule has 1 N–H and O–H groups in total. The van der Waals surface area contributed by atoms with Crippen LogP contribution in [0.3, 0.4) is 0 Å². The molecule has 1 aromatic carbocycles. The Morgan fingerprint density at radius 3 is 1.91 bits per heavy atom. The first-order valence-corrected chi connectivity index (χ1v) is 9.86. The van der Waals surface area contributed by atoms with Gasteiger partial charge in [0.05, 0.1) is 0 Å². The Balaban J connectivity index is 1.77. The summed E-state index contributed by atoms with van der Waals surface area (Å²) in [5.74, 6) is 0. The molecular weight excluding hydrogens is 278 g/mol. The van der Waals surface area contributed by atoms with Crippen molar-refractivity contribution in [3.63, 3.8) is 0 Å². The van der Waals surface area contributed by atoms with Gasteiger partial charge in [-0.15, -0.1) is 0 Å². The van der Waals surface area contributed by atoms with Crippen molar-refractivity contribution >= 4 is 6.08 Å². The summed E-state index contributed by atoms with van der Waals surface area (Å²) in [7, 11) is 0. The molecule has 1 heteroatoms. The zero-order valence-electron chi connectivity index (χ0n) is 15.2. The van der Waals surface area contributed by atoms with Crippen LogP contribution in [-0.2, 0) is 0 Å². The van der Waals surface area contributed by atoms with Gasteiger partial charge >= 0.3 is 0 Å². The SMILES string of the molecule is CCCCCCCCCCCCCNC/C=C/c1ccccc1. The zero-order chi connectivity index (χ0) is 16.4. The molecule has 0 aliphatic rings. The van der Waals surface area contributed by atoms with E-state index in [0.717, 1.165) is 13.1 Å². The predicted octanol–water partition coefficient (Wildman–Crippen LogP) is 6.60. The summed E-state index contributed by atoms with van der Waals surface area (Å²) in [6.07, 6.45) is 20.0. The minimum atomic E-state index is 0.979. The third kappa shape index (κ3) is 13.1. The third-order valence-corrected chi connectivity index (χ3v) is 4.33. The molecule has 1 aromatic rings. The lowest BCUT2D eigenvalue weighted by molar-refractivity contribution is 0.543. The highest BCUT2D eigenvalue weighted by atomic mass is 14.8. The van der Waals surface area contributed by atoms with Gasteiger partial charge < -0.3 is 5.32 Å². The van der Waals surface area contributed by atoms with Crippen LogP contribution in [0.5, 0.6) is 0 Å². The van der Waals surface area contributed by atoms with Crippen LogP contribution in [0.1, 0.15) is 83.1 Å². The summed E-state index contributed by atoms with van der Waals surface area (Å²) in [6, 6.07) is 10.5. The van der Waals surface area contributed by atoms with Crippen molar-refractivity contribution in [3.8, 4) is 0 Å². The van der Waals surface area contributed by atoms with E-state index in [1.807, 2.05) is 0 Å². The van der Waals surface area contributed by atoms with E-state index in [1.165, 1.54) is 76.2 Å². The number of hydrogen-bond donors (Lipinski definition) is 1. The molecule has 0 saturated carbocycles. The average molecular weight is 316 g/mol. The number of benzene rings is 1. The Morgan fingerprint density at radius 2 is 1.30 bits per heavy atom. The van der Waals surface area contributed by atoms with Gasteiger partial charge in [-0.3, -0.25) is 0 Å². The van der Waals surface area contributed by atoms with Crippen LogP contribution >= 0.6 is 0 Å². The van der Waals surface area contributed by atoms with Crippen molar-refractivity contribution in [1.82, 2.24) is 5.32 Å². The van der Waals surface area contributed by atoms with Gasteiger partial charge in [0.25, 0.3) is 0 Å². The molecule has 0 bridgehead atoms. The Bertz CT molecular complexity index is 369. The van der Waals surface area contributed by atoms with E-state index in [1.54, 1.807) is 0 Å². The first-order valence-electron chi connectivity index (χ1n) is 9.86. The largest absolute Gasteiger partial charge is 0.313 e. The normalized spacial score (nSPS) is 11.3. The molecule has 0 aromatic heterocycles. The third-order valence-electron chi connectivity index (χ3n) is 4.33. The second kappa shape index (κ2) is 15.8. The van der Waals surface area contributed by atoms with Crippen LogP contribution in [0, 0.1) is 0 Å². The summed E-state index contributed by atoms with van der Waals surface area (Å²) in [5, 5.41) is 3.50. The average Bonchev–Trinajstić information content (AvgIpc) is 2.59. The Kier molecular flexibility index (Phi) is 13.7. The van der Waals surface area contributed by atoms with Crippen molar-refractivity contribution in [2.24, 2.45) is 0 Å². The monoisotopic (exact) mass is 315 g/mol. The summed E-state index contributed by atoms with van der Waals surface area (Å²) in [6.45, 7) is 4.41. The molecule has 0 atom stereocenters. The van der Waals surface area contributed by atoms with E-state index in [9.17, 15) is 0 Å². The number of unbranched alkanes of at least 4 members (excludes halogenated alkanes) is 10. The Labute approximate surface area is 144 Å². The van der Waals surface area contributed by atoms with Gasteiger partial charge in [0.1, 0.15) is 0 Å². The van der Waals surface area contributed by atoms with Crippen LogP contribution < -0.4 is 5.32 Å².